The second-order valence-corrected chi connectivity index (χ2v) is 5.30. The van der Waals surface area contributed by atoms with Gasteiger partial charge in [0.1, 0.15) is 0 Å². The van der Waals surface area contributed by atoms with E-state index in [0.717, 1.165) is 0 Å². The lowest BCUT2D eigenvalue weighted by atomic mass is 9.79. The van der Waals surface area contributed by atoms with Gasteiger partial charge in [-0.15, -0.1) is 0 Å². The molecule has 1 fully saturated rings. The second-order valence-electron chi connectivity index (χ2n) is 5.30. The third-order valence-electron chi connectivity index (χ3n) is 3.50. The van der Waals surface area contributed by atoms with Gasteiger partial charge in [-0.2, -0.15) is 0 Å². The predicted octanol–water partition coefficient (Wildman–Crippen LogP) is 0.256. The minimum atomic E-state index is -0.545. The Morgan fingerprint density at radius 1 is 1.24 bits per heavy atom. The second kappa shape index (κ2) is 3.61. The fraction of sp³-hybridized carbons (Fsp3) is 0.545. The molecule has 1 aromatic heterocycles. The van der Waals surface area contributed by atoms with Gasteiger partial charge >= 0.3 is 7.12 Å². The summed E-state index contributed by atoms with van der Waals surface area (Å²) in [5.41, 5.74) is 5.77. The van der Waals surface area contributed by atoms with Crippen molar-refractivity contribution >= 4 is 18.3 Å². The topological polar surface area (TPSA) is 77.3 Å². The summed E-state index contributed by atoms with van der Waals surface area (Å²) in [4.78, 5) is 13.7. The Kier molecular flexibility index (Phi) is 2.59. The molecule has 0 radical (unpaired) electrons. The van der Waals surface area contributed by atoms with Crippen molar-refractivity contribution in [1.82, 2.24) is 4.98 Å². The highest BCUT2D eigenvalue weighted by Gasteiger charge is 2.52. The summed E-state index contributed by atoms with van der Waals surface area (Å²) in [5.74, 6) is 0. The number of hydrogen-bond acceptors (Lipinski definition) is 4. The molecule has 0 bridgehead atoms. The third kappa shape index (κ3) is 1.98. The van der Waals surface area contributed by atoms with Crippen LogP contribution in [0.5, 0.6) is 0 Å². The van der Waals surface area contributed by atoms with Gasteiger partial charge in [-0.3, -0.25) is 4.79 Å². The molecule has 1 aliphatic heterocycles. The number of nitrogens with one attached hydrogen (secondary N) is 1. The van der Waals surface area contributed by atoms with Crippen molar-refractivity contribution < 1.29 is 9.31 Å². The predicted molar refractivity (Wildman–Crippen MR) is 67.2 cm³/mol. The fourth-order valence-electron chi connectivity index (χ4n) is 1.67. The number of aromatic nitrogens is 1. The van der Waals surface area contributed by atoms with Gasteiger partial charge in [0.2, 0.25) is 5.56 Å². The molecule has 0 spiro atoms. The van der Waals surface area contributed by atoms with Crippen LogP contribution in [0.2, 0.25) is 0 Å². The molecule has 5 nitrogen and oxygen atoms in total. The first-order chi connectivity index (χ1) is 7.73. The average molecular weight is 236 g/mol. The molecule has 1 saturated heterocycles. The normalized spacial score (nSPS) is 21.8. The molecule has 2 rings (SSSR count). The van der Waals surface area contributed by atoms with E-state index in [9.17, 15) is 4.79 Å². The maximum Gasteiger partial charge on any atom is 0.498 e. The Bertz CT molecular complexity index is 480. The van der Waals surface area contributed by atoms with E-state index in [-0.39, 0.29) is 5.56 Å². The highest BCUT2D eigenvalue weighted by molar-refractivity contribution is 6.63. The van der Waals surface area contributed by atoms with E-state index in [1.54, 1.807) is 6.20 Å². The number of H-pyrrole nitrogens is 1. The molecule has 0 unspecified atom stereocenters. The van der Waals surface area contributed by atoms with Gasteiger partial charge in [0, 0.05) is 23.4 Å². The van der Waals surface area contributed by atoms with Gasteiger partial charge in [0.05, 0.1) is 11.2 Å². The molecule has 0 amide bonds. The maximum atomic E-state index is 11.1. The van der Waals surface area contributed by atoms with Crippen molar-refractivity contribution in [3.63, 3.8) is 0 Å². The largest absolute Gasteiger partial charge is 0.498 e. The van der Waals surface area contributed by atoms with E-state index >= 15 is 0 Å². The summed E-state index contributed by atoms with van der Waals surface area (Å²) in [7, 11) is -0.545. The Balaban J connectivity index is 2.35. The quantitative estimate of drug-likeness (QED) is 0.685. The van der Waals surface area contributed by atoms with E-state index in [1.165, 1.54) is 6.07 Å². The standard InChI is InChI=1S/C11H17BN2O3/c1-10(2)11(3,4)17-12(16-10)7-6-14-9(15)5-8(7)13/h5-6H,1-4H3,(H3,13,14,15). The molecule has 17 heavy (non-hydrogen) atoms. The maximum absolute atomic E-state index is 11.1. The summed E-state index contributed by atoms with van der Waals surface area (Å²) in [5, 5.41) is 0. The molecule has 1 aliphatic rings. The van der Waals surface area contributed by atoms with Crippen molar-refractivity contribution in [3.05, 3.63) is 22.6 Å². The van der Waals surface area contributed by atoms with Crippen molar-refractivity contribution in [1.29, 1.82) is 0 Å². The molecule has 0 atom stereocenters. The van der Waals surface area contributed by atoms with Crippen LogP contribution in [-0.2, 0) is 9.31 Å². The summed E-state index contributed by atoms with van der Waals surface area (Å²) in [6.07, 6.45) is 1.54. The first kappa shape index (κ1) is 12.2. The summed E-state index contributed by atoms with van der Waals surface area (Å²) in [6, 6.07) is 1.33. The molecule has 0 saturated carbocycles. The molecular weight excluding hydrogens is 219 g/mol. The molecular formula is C11H17BN2O3. The minimum Gasteiger partial charge on any atom is -0.399 e. The lowest BCUT2D eigenvalue weighted by Crippen LogP contribution is -2.41. The Morgan fingerprint density at radius 3 is 2.24 bits per heavy atom. The molecule has 0 aliphatic carbocycles. The van der Waals surface area contributed by atoms with Crippen LogP contribution >= 0.6 is 0 Å². The van der Waals surface area contributed by atoms with E-state index in [2.05, 4.69) is 4.98 Å². The number of hydrogen-bond donors (Lipinski definition) is 2. The lowest BCUT2D eigenvalue weighted by molar-refractivity contribution is 0.00578. The fourth-order valence-corrected chi connectivity index (χ4v) is 1.67. The van der Waals surface area contributed by atoms with Crippen molar-refractivity contribution in [2.75, 3.05) is 5.73 Å². The number of aromatic amines is 1. The van der Waals surface area contributed by atoms with E-state index in [1.807, 2.05) is 27.7 Å². The minimum absolute atomic E-state index is 0.234. The Labute approximate surface area is 100 Å². The van der Waals surface area contributed by atoms with Crippen LogP contribution < -0.4 is 16.8 Å². The zero-order chi connectivity index (χ0) is 12.8. The van der Waals surface area contributed by atoms with Crippen molar-refractivity contribution in [3.8, 4) is 0 Å². The van der Waals surface area contributed by atoms with Crippen LogP contribution in [0.25, 0.3) is 0 Å². The van der Waals surface area contributed by atoms with Gasteiger partial charge in [-0.05, 0) is 27.7 Å². The summed E-state index contributed by atoms with van der Waals surface area (Å²) < 4.78 is 11.7. The lowest BCUT2D eigenvalue weighted by Gasteiger charge is -2.32. The molecule has 0 aromatic carbocycles. The van der Waals surface area contributed by atoms with Gasteiger partial charge in [-0.25, -0.2) is 0 Å². The number of nitrogens with two attached hydrogens (primary N) is 1. The van der Waals surface area contributed by atoms with Crippen molar-refractivity contribution in [2.24, 2.45) is 0 Å². The highest BCUT2D eigenvalue weighted by Crippen LogP contribution is 2.36. The molecule has 6 heteroatoms. The number of anilines is 1. The first-order valence-electron chi connectivity index (χ1n) is 5.57. The summed E-state index contributed by atoms with van der Waals surface area (Å²) in [6.45, 7) is 7.87. The van der Waals surface area contributed by atoms with Crippen LogP contribution in [0.4, 0.5) is 5.69 Å². The smallest absolute Gasteiger partial charge is 0.399 e. The Hall–Kier alpha value is -1.27. The summed E-state index contributed by atoms with van der Waals surface area (Å²) >= 11 is 0. The monoisotopic (exact) mass is 236 g/mol. The van der Waals surface area contributed by atoms with Crippen LogP contribution in [0.15, 0.2) is 17.1 Å². The third-order valence-corrected chi connectivity index (χ3v) is 3.50. The first-order valence-corrected chi connectivity index (χ1v) is 5.57. The van der Waals surface area contributed by atoms with E-state index in [4.69, 9.17) is 15.0 Å². The average Bonchev–Trinajstić information content (AvgIpc) is 2.35. The van der Waals surface area contributed by atoms with Gasteiger partial charge in [0.15, 0.2) is 0 Å². The molecule has 3 N–H and O–H groups in total. The number of pyridine rings is 1. The van der Waals surface area contributed by atoms with E-state index in [0.29, 0.717) is 11.2 Å². The number of nitrogen functional groups attached to an aromatic ring is 1. The van der Waals surface area contributed by atoms with E-state index < -0.39 is 18.3 Å². The Morgan fingerprint density at radius 2 is 1.76 bits per heavy atom. The molecule has 2 heterocycles. The van der Waals surface area contributed by atoms with Crippen LogP contribution in [0, 0.1) is 0 Å². The van der Waals surface area contributed by atoms with Crippen molar-refractivity contribution in [2.45, 2.75) is 38.9 Å². The van der Waals surface area contributed by atoms with Crippen LogP contribution in [0.3, 0.4) is 0 Å². The van der Waals surface area contributed by atoms with Gasteiger partial charge in [-0.1, -0.05) is 0 Å². The number of rotatable bonds is 1. The zero-order valence-corrected chi connectivity index (χ0v) is 10.5. The SMILES string of the molecule is CC1(C)OB(c2c[nH]c(=O)cc2N)OC1(C)C. The molecule has 92 valence electrons. The van der Waals surface area contributed by atoms with Gasteiger partial charge in [0.25, 0.3) is 0 Å². The van der Waals surface area contributed by atoms with Gasteiger partial charge < -0.3 is 20.0 Å². The van der Waals surface area contributed by atoms with Crippen LogP contribution in [0.1, 0.15) is 27.7 Å². The highest BCUT2D eigenvalue weighted by atomic mass is 16.7. The molecule has 1 aromatic rings. The van der Waals surface area contributed by atoms with Crippen LogP contribution in [-0.4, -0.2) is 23.3 Å². The zero-order valence-electron chi connectivity index (χ0n) is 10.5.